The molecule has 0 saturated carbocycles. The summed E-state index contributed by atoms with van der Waals surface area (Å²) in [5.41, 5.74) is 2.63. The van der Waals surface area contributed by atoms with Crippen LogP contribution in [0.15, 0.2) is 52.4 Å². The summed E-state index contributed by atoms with van der Waals surface area (Å²) in [6.07, 6.45) is 4.93. The predicted molar refractivity (Wildman–Crippen MR) is 134 cm³/mol. The number of aliphatic hydroxyl groups is 1. The van der Waals surface area contributed by atoms with Crippen molar-refractivity contribution in [3.8, 4) is 11.3 Å². The number of H-pyrrole nitrogens is 2. The summed E-state index contributed by atoms with van der Waals surface area (Å²) < 4.78 is 1.58. The van der Waals surface area contributed by atoms with Crippen LogP contribution in [0.25, 0.3) is 44.2 Å². The highest BCUT2D eigenvalue weighted by Crippen LogP contribution is 2.31. The minimum atomic E-state index is -1.07. The molecule has 1 aliphatic rings. The molecule has 6 heterocycles. The van der Waals surface area contributed by atoms with Crippen LogP contribution in [-0.2, 0) is 4.79 Å². The van der Waals surface area contributed by atoms with Crippen molar-refractivity contribution in [2.75, 3.05) is 13.1 Å². The lowest BCUT2D eigenvalue weighted by Crippen LogP contribution is -2.45. The number of aromatic amines is 2. The summed E-state index contributed by atoms with van der Waals surface area (Å²) in [6, 6.07) is 7.22. The Hall–Kier alpha value is -4.38. The number of carbonyl (C=O) groups excluding carboxylic acids is 1. The van der Waals surface area contributed by atoms with Gasteiger partial charge >= 0.3 is 5.69 Å². The maximum absolute atomic E-state index is 13.1. The number of nitrogens with zero attached hydrogens (tertiary/aromatic N) is 5. The van der Waals surface area contributed by atoms with Crippen LogP contribution in [0.5, 0.6) is 0 Å². The van der Waals surface area contributed by atoms with Gasteiger partial charge in [-0.2, -0.15) is 0 Å². The van der Waals surface area contributed by atoms with Gasteiger partial charge in [0, 0.05) is 48.7 Å². The summed E-state index contributed by atoms with van der Waals surface area (Å²) >= 11 is 0. The lowest BCUT2D eigenvalue weighted by Gasteiger charge is -2.34. The third kappa shape index (κ3) is 3.47. The second-order valence-electron chi connectivity index (χ2n) is 9.05. The van der Waals surface area contributed by atoms with Gasteiger partial charge in [0.2, 0.25) is 0 Å². The van der Waals surface area contributed by atoms with Gasteiger partial charge < -0.3 is 15.0 Å². The number of amides is 1. The molecule has 0 radical (unpaired) electrons. The fraction of sp³-hybridized carbons (Fsp3) is 0.280. The minimum Gasteiger partial charge on any atom is -0.384 e. The average Bonchev–Trinajstić information content (AvgIpc) is 3.32. The molecule has 1 atom stereocenters. The lowest BCUT2D eigenvalue weighted by molar-refractivity contribution is -0.140. The molecule has 0 aromatic carbocycles. The van der Waals surface area contributed by atoms with E-state index in [4.69, 9.17) is 4.98 Å². The van der Waals surface area contributed by atoms with Gasteiger partial charge in [-0.25, -0.2) is 14.8 Å². The number of hydrogen-bond acceptors (Lipinski definition) is 7. The third-order valence-electron chi connectivity index (χ3n) is 6.84. The Balaban J connectivity index is 1.53. The molecule has 1 saturated heterocycles. The first-order valence-corrected chi connectivity index (χ1v) is 11.8. The molecule has 182 valence electrons. The highest BCUT2D eigenvalue weighted by atomic mass is 16.3. The van der Waals surface area contributed by atoms with Gasteiger partial charge in [-0.3, -0.25) is 24.1 Å². The highest BCUT2D eigenvalue weighted by Gasteiger charge is 2.28. The molecule has 11 heteroatoms. The lowest BCUT2D eigenvalue weighted by atomic mass is 10.0. The number of rotatable bonds is 3. The van der Waals surface area contributed by atoms with E-state index >= 15 is 0 Å². The number of hydrogen-bond donors (Lipinski definition) is 3. The molecule has 5 aromatic rings. The fourth-order valence-corrected chi connectivity index (χ4v) is 5.06. The summed E-state index contributed by atoms with van der Waals surface area (Å²) in [7, 11) is 0. The topological polar surface area (TPSA) is 150 Å². The Morgan fingerprint density at radius 1 is 1.14 bits per heavy atom. The SMILES string of the molecule is C[C@@H](O)C(=O)N1CCC(n2c(=O)[nH]c(=O)c3cnc4ccc(-c5c[nH]c6ncccc56)nc4c32)CC1. The molecule has 36 heavy (non-hydrogen) atoms. The molecule has 0 aliphatic carbocycles. The van der Waals surface area contributed by atoms with Crippen LogP contribution in [-0.4, -0.2) is 64.6 Å². The Labute approximate surface area is 203 Å². The number of aromatic nitrogens is 6. The van der Waals surface area contributed by atoms with E-state index in [1.54, 1.807) is 15.7 Å². The molecular formula is C25H23N7O4. The fourth-order valence-electron chi connectivity index (χ4n) is 5.06. The van der Waals surface area contributed by atoms with Crippen LogP contribution >= 0.6 is 0 Å². The number of pyridine rings is 3. The van der Waals surface area contributed by atoms with E-state index < -0.39 is 17.4 Å². The van der Waals surface area contributed by atoms with E-state index in [0.717, 1.165) is 16.6 Å². The van der Waals surface area contributed by atoms with Gasteiger partial charge in [0.25, 0.3) is 11.5 Å². The summed E-state index contributed by atoms with van der Waals surface area (Å²) in [5.74, 6) is -0.332. The Morgan fingerprint density at radius 3 is 2.72 bits per heavy atom. The van der Waals surface area contributed by atoms with E-state index in [9.17, 15) is 19.5 Å². The number of piperidine rings is 1. The molecule has 0 unspecified atom stereocenters. The zero-order valence-corrected chi connectivity index (χ0v) is 19.4. The summed E-state index contributed by atoms with van der Waals surface area (Å²) in [4.78, 5) is 58.9. The molecule has 6 rings (SSSR count). The van der Waals surface area contributed by atoms with Crippen molar-refractivity contribution >= 4 is 38.9 Å². The van der Waals surface area contributed by atoms with Crippen LogP contribution in [0.2, 0.25) is 0 Å². The molecule has 0 spiro atoms. The quantitative estimate of drug-likeness (QED) is 0.329. The van der Waals surface area contributed by atoms with Crippen LogP contribution in [0, 0.1) is 0 Å². The third-order valence-corrected chi connectivity index (χ3v) is 6.84. The molecule has 0 bridgehead atoms. The van der Waals surface area contributed by atoms with Crippen LogP contribution in [0.4, 0.5) is 0 Å². The van der Waals surface area contributed by atoms with Gasteiger partial charge in [0.15, 0.2) is 0 Å². The van der Waals surface area contributed by atoms with E-state index in [0.29, 0.717) is 48.2 Å². The molecule has 11 nitrogen and oxygen atoms in total. The Bertz CT molecular complexity index is 1760. The maximum Gasteiger partial charge on any atom is 0.329 e. The monoisotopic (exact) mass is 485 g/mol. The zero-order chi connectivity index (χ0) is 25.0. The predicted octanol–water partition coefficient (Wildman–Crippen LogP) is 1.72. The first-order chi connectivity index (χ1) is 17.4. The normalized spacial score (nSPS) is 15.7. The van der Waals surface area contributed by atoms with Gasteiger partial charge in [0.1, 0.15) is 17.3 Å². The number of aliphatic hydroxyl groups excluding tert-OH is 1. The Morgan fingerprint density at radius 2 is 1.94 bits per heavy atom. The molecular weight excluding hydrogens is 462 g/mol. The molecule has 1 amide bonds. The molecule has 1 aliphatic heterocycles. The second kappa shape index (κ2) is 8.38. The number of fused-ring (bicyclic) bond motifs is 4. The second-order valence-corrected chi connectivity index (χ2v) is 9.05. The van der Waals surface area contributed by atoms with Crippen molar-refractivity contribution in [2.24, 2.45) is 0 Å². The first kappa shape index (κ1) is 22.1. The van der Waals surface area contributed by atoms with Crippen LogP contribution < -0.4 is 11.2 Å². The number of likely N-dealkylation sites (tertiary alicyclic amines) is 1. The standard InChI is InChI=1S/C25H23N7O4/c1-13(33)24(35)31-9-6-14(7-10-31)32-21-17(23(34)30-25(32)36)12-27-19-5-4-18(29-20(19)21)16-11-28-22-15(16)3-2-8-26-22/h2-5,8,11-14,33H,6-7,9-10H2,1H3,(H,26,28)(H,30,34,36)/t13-/m1/s1. The average molecular weight is 486 g/mol. The van der Waals surface area contributed by atoms with E-state index in [1.807, 2.05) is 30.5 Å². The molecule has 3 N–H and O–H groups in total. The maximum atomic E-state index is 13.1. The van der Waals surface area contributed by atoms with E-state index in [-0.39, 0.29) is 17.3 Å². The summed E-state index contributed by atoms with van der Waals surface area (Å²) in [5, 5.41) is 10.8. The van der Waals surface area contributed by atoms with Crippen molar-refractivity contribution in [2.45, 2.75) is 31.9 Å². The van der Waals surface area contributed by atoms with Crippen molar-refractivity contribution in [3.63, 3.8) is 0 Å². The van der Waals surface area contributed by atoms with Gasteiger partial charge in [0.05, 0.1) is 22.1 Å². The van der Waals surface area contributed by atoms with Crippen LogP contribution in [0.3, 0.4) is 0 Å². The number of nitrogens with one attached hydrogen (secondary N) is 2. The van der Waals surface area contributed by atoms with Crippen molar-refractivity contribution in [1.29, 1.82) is 0 Å². The van der Waals surface area contributed by atoms with Gasteiger partial charge in [-0.1, -0.05) is 0 Å². The summed E-state index contributed by atoms with van der Waals surface area (Å²) in [6.45, 7) is 2.23. The highest BCUT2D eigenvalue weighted by molar-refractivity contribution is 6.02. The smallest absolute Gasteiger partial charge is 0.329 e. The van der Waals surface area contributed by atoms with Gasteiger partial charge in [-0.05, 0) is 44.0 Å². The largest absolute Gasteiger partial charge is 0.384 e. The zero-order valence-electron chi connectivity index (χ0n) is 19.4. The minimum absolute atomic E-state index is 0.261. The van der Waals surface area contributed by atoms with E-state index in [2.05, 4.69) is 19.9 Å². The number of carbonyl (C=O) groups is 1. The van der Waals surface area contributed by atoms with Gasteiger partial charge in [-0.15, -0.1) is 0 Å². The van der Waals surface area contributed by atoms with Crippen LogP contribution in [0.1, 0.15) is 25.8 Å². The van der Waals surface area contributed by atoms with Crippen molar-refractivity contribution < 1.29 is 9.90 Å². The molecule has 5 aromatic heterocycles. The first-order valence-electron chi connectivity index (χ1n) is 11.8. The Kier molecular flexibility index (Phi) is 5.15. The van der Waals surface area contributed by atoms with E-state index in [1.165, 1.54) is 13.1 Å². The van der Waals surface area contributed by atoms with Crippen molar-refractivity contribution in [3.05, 3.63) is 63.7 Å². The molecule has 1 fully saturated rings. The van der Waals surface area contributed by atoms with Crippen molar-refractivity contribution in [1.82, 2.24) is 34.4 Å².